The number of nitrogens with zero attached hydrogens (tertiary/aromatic N) is 2. The summed E-state index contributed by atoms with van der Waals surface area (Å²) in [6, 6.07) is 34.1. The molecule has 1 aliphatic rings. The lowest BCUT2D eigenvalue weighted by Crippen LogP contribution is -1.92. The summed E-state index contributed by atoms with van der Waals surface area (Å²) in [6.45, 7) is 0. The molecular weight excluding hydrogens is 364 g/mol. The molecule has 0 aliphatic heterocycles. The first-order valence-corrected chi connectivity index (χ1v) is 10.0. The van der Waals surface area contributed by atoms with E-state index in [1.165, 1.54) is 33.0 Å². The van der Waals surface area contributed by atoms with E-state index >= 15 is 0 Å². The number of hydrogen-bond donors (Lipinski definition) is 0. The Morgan fingerprint density at radius 3 is 2.47 bits per heavy atom. The molecule has 0 bridgehead atoms. The van der Waals surface area contributed by atoms with Gasteiger partial charge in [0.05, 0.1) is 11.2 Å². The Kier molecular flexibility index (Phi) is 2.95. The van der Waals surface area contributed by atoms with Gasteiger partial charge in [-0.3, -0.25) is 0 Å². The summed E-state index contributed by atoms with van der Waals surface area (Å²) >= 11 is 0. The van der Waals surface area contributed by atoms with Gasteiger partial charge in [0.2, 0.25) is 0 Å². The van der Waals surface area contributed by atoms with Crippen LogP contribution in [0.15, 0.2) is 85.2 Å². The predicted molar refractivity (Wildman–Crippen MR) is 122 cm³/mol. The van der Waals surface area contributed by atoms with Crippen molar-refractivity contribution in [1.29, 1.82) is 0 Å². The molecular formula is C28H14N2. The van der Waals surface area contributed by atoms with E-state index in [0.29, 0.717) is 0 Å². The summed E-state index contributed by atoms with van der Waals surface area (Å²) in [7, 11) is 0. The molecule has 0 atom stereocenters. The van der Waals surface area contributed by atoms with Gasteiger partial charge in [0.25, 0.3) is 0 Å². The Morgan fingerprint density at radius 2 is 1.50 bits per heavy atom. The van der Waals surface area contributed by atoms with Crippen molar-refractivity contribution in [2.24, 2.45) is 0 Å². The largest absolute Gasteiger partial charge is 0.236 e. The fourth-order valence-corrected chi connectivity index (χ4v) is 4.88. The molecule has 1 aliphatic carbocycles. The molecule has 1 heterocycles. The number of benzene rings is 4. The van der Waals surface area contributed by atoms with Gasteiger partial charge in [-0.2, -0.15) is 0 Å². The number of fused-ring (bicyclic) bond motifs is 6. The normalized spacial score (nSPS) is 11.7. The molecule has 0 amide bonds. The van der Waals surface area contributed by atoms with Crippen molar-refractivity contribution < 1.29 is 0 Å². The molecule has 2 heteroatoms. The predicted octanol–water partition coefficient (Wildman–Crippen LogP) is 6.85. The molecule has 0 saturated carbocycles. The van der Waals surface area contributed by atoms with Crippen molar-refractivity contribution >= 4 is 32.4 Å². The minimum absolute atomic E-state index is 0.970. The second-order valence-electron chi connectivity index (χ2n) is 7.69. The second kappa shape index (κ2) is 5.65. The zero-order chi connectivity index (χ0) is 19.7. The van der Waals surface area contributed by atoms with E-state index in [9.17, 15) is 0 Å². The van der Waals surface area contributed by atoms with E-state index in [1.807, 2.05) is 6.07 Å². The highest BCUT2D eigenvalue weighted by Crippen LogP contribution is 2.50. The molecule has 0 spiro atoms. The Morgan fingerprint density at radius 1 is 0.633 bits per heavy atom. The minimum Gasteiger partial charge on any atom is -0.236 e. The summed E-state index contributed by atoms with van der Waals surface area (Å²) in [5.74, 6) is 0. The van der Waals surface area contributed by atoms with E-state index in [-0.39, 0.29) is 0 Å². The minimum atomic E-state index is 0.970. The third-order valence-corrected chi connectivity index (χ3v) is 6.17. The van der Waals surface area contributed by atoms with E-state index in [0.717, 1.165) is 32.9 Å². The van der Waals surface area contributed by atoms with Crippen molar-refractivity contribution in [2.75, 3.05) is 0 Å². The van der Waals surface area contributed by atoms with E-state index in [2.05, 4.69) is 89.9 Å². The molecule has 30 heavy (non-hydrogen) atoms. The molecule has 136 valence electrons. The van der Waals surface area contributed by atoms with Crippen molar-refractivity contribution in [3.63, 3.8) is 0 Å². The monoisotopic (exact) mass is 378 g/mol. The average Bonchev–Trinajstić information content (AvgIpc) is 3.15. The molecule has 0 saturated heterocycles. The zero-order valence-electron chi connectivity index (χ0n) is 16.0. The lowest BCUT2D eigenvalue weighted by atomic mass is 9.93. The Labute approximate surface area is 173 Å². The summed E-state index contributed by atoms with van der Waals surface area (Å²) in [5, 5.41) is 5.74. The molecule has 0 radical (unpaired) electrons. The highest BCUT2D eigenvalue weighted by Gasteiger charge is 2.25. The van der Waals surface area contributed by atoms with Crippen LogP contribution < -0.4 is 0 Å². The van der Waals surface area contributed by atoms with E-state index in [4.69, 9.17) is 4.98 Å². The van der Waals surface area contributed by atoms with Crippen LogP contribution in [0.1, 0.15) is 0 Å². The van der Waals surface area contributed by atoms with Gasteiger partial charge >= 0.3 is 0 Å². The first-order chi connectivity index (χ1) is 14.9. The molecule has 0 unspecified atom stereocenters. The van der Waals surface area contributed by atoms with Crippen molar-refractivity contribution in [3.8, 4) is 33.5 Å². The zero-order valence-corrected chi connectivity index (χ0v) is 16.0. The quantitative estimate of drug-likeness (QED) is 0.292. The van der Waals surface area contributed by atoms with E-state index in [1.54, 1.807) is 6.33 Å². The standard InChI is InChI=1S/C28H14N2/c1-2-8-19-17(6-1)12-15-24-27(19)29-16-30-28(24)23-14-13-18-7-5-11-21-20-9-3-4-10-22(20)26(23)25(18)21/h1-4,6,8-16H. The third-order valence-electron chi connectivity index (χ3n) is 6.17. The highest BCUT2D eigenvalue weighted by atomic mass is 14.8. The Hall–Kier alpha value is -4.22. The van der Waals surface area contributed by atoms with Gasteiger partial charge in [-0.05, 0) is 40.3 Å². The summed E-state index contributed by atoms with van der Waals surface area (Å²) in [6.07, 6.45) is 1.69. The number of rotatable bonds is 1. The molecule has 5 aromatic carbocycles. The lowest BCUT2D eigenvalue weighted by molar-refractivity contribution is 1.23. The van der Waals surface area contributed by atoms with Crippen LogP contribution in [0.5, 0.6) is 0 Å². The van der Waals surface area contributed by atoms with Gasteiger partial charge < -0.3 is 0 Å². The third kappa shape index (κ3) is 1.94. The summed E-state index contributed by atoms with van der Waals surface area (Å²) < 4.78 is 0. The van der Waals surface area contributed by atoms with Gasteiger partial charge in [-0.1, -0.05) is 72.8 Å². The van der Waals surface area contributed by atoms with Gasteiger partial charge in [0.1, 0.15) is 6.33 Å². The molecule has 6 aromatic rings. The van der Waals surface area contributed by atoms with Crippen LogP contribution in [-0.2, 0) is 0 Å². The van der Waals surface area contributed by atoms with Crippen LogP contribution in [0.3, 0.4) is 0 Å². The maximum Gasteiger partial charge on any atom is 0.116 e. The van der Waals surface area contributed by atoms with Crippen LogP contribution in [0.2, 0.25) is 0 Å². The van der Waals surface area contributed by atoms with Crippen LogP contribution in [0.25, 0.3) is 66.0 Å². The fourth-order valence-electron chi connectivity index (χ4n) is 4.88. The van der Waals surface area contributed by atoms with Crippen molar-refractivity contribution in [3.05, 3.63) is 97.3 Å². The first-order valence-electron chi connectivity index (χ1n) is 10.0. The Balaban J connectivity index is 1.64. The highest BCUT2D eigenvalue weighted by molar-refractivity contribution is 6.20. The molecule has 0 fully saturated rings. The SMILES string of the molecule is c1cc2c3c(c(-c4ncnc5c4ccc4ccccc45)ccc3c#1)-c1ccccc1-2. The summed E-state index contributed by atoms with van der Waals surface area (Å²) in [4.78, 5) is 9.41. The maximum atomic E-state index is 4.77. The van der Waals surface area contributed by atoms with E-state index < -0.39 is 0 Å². The number of hydrogen-bond acceptors (Lipinski definition) is 2. The van der Waals surface area contributed by atoms with Crippen LogP contribution in [0, 0.1) is 12.1 Å². The first kappa shape index (κ1) is 15.7. The molecule has 1 aromatic heterocycles. The number of aromatic nitrogens is 2. The average molecular weight is 378 g/mol. The van der Waals surface area contributed by atoms with Crippen molar-refractivity contribution in [1.82, 2.24) is 9.97 Å². The van der Waals surface area contributed by atoms with Gasteiger partial charge in [0.15, 0.2) is 0 Å². The molecule has 0 N–H and O–H groups in total. The smallest absolute Gasteiger partial charge is 0.116 e. The fraction of sp³-hybridized carbons (Fsp3) is 0. The summed E-state index contributed by atoms with van der Waals surface area (Å²) in [5.41, 5.74) is 8.04. The van der Waals surface area contributed by atoms with Crippen LogP contribution in [0.4, 0.5) is 0 Å². The van der Waals surface area contributed by atoms with Crippen molar-refractivity contribution in [2.45, 2.75) is 0 Å². The van der Waals surface area contributed by atoms with Gasteiger partial charge in [0, 0.05) is 32.7 Å². The van der Waals surface area contributed by atoms with Crippen LogP contribution >= 0.6 is 0 Å². The van der Waals surface area contributed by atoms with Gasteiger partial charge in [-0.25, -0.2) is 9.97 Å². The molecule has 2 nitrogen and oxygen atoms in total. The molecule has 7 rings (SSSR count). The maximum absolute atomic E-state index is 4.77. The van der Waals surface area contributed by atoms with Gasteiger partial charge in [-0.15, -0.1) is 0 Å². The Bertz CT molecular complexity index is 1650. The second-order valence-corrected chi connectivity index (χ2v) is 7.69. The lowest BCUT2D eigenvalue weighted by Gasteiger charge is -2.12. The van der Waals surface area contributed by atoms with Crippen LogP contribution in [-0.4, -0.2) is 9.97 Å². The topological polar surface area (TPSA) is 25.8 Å².